The maximum atomic E-state index is 6.30. The first kappa shape index (κ1) is 17.5. The molecule has 0 aliphatic heterocycles. The fourth-order valence-corrected chi connectivity index (χ4v) is 2.50. The minimum Gasteiger partial charge on any atom is -0.314 e. The van der Waals surface area contributed by atoms with E-state index in [1.54, 1.807) is 0 Å². The standard InChI is InChI=1S/C18H30ClN/c1-14(2)20-13-15(10-11-18(3,4)5)12-16-8-6-7-9-17(16)19/h6-9,14-15,20H,10-13H2,1-5H3. The predicted octanol–water partition coefficient (Wildman–Crippen LogP) is 5.32. The van der Waals surface area contributed by atoms with E-state index < -0.39 is 0 Å². The van der Waals surface area contributed by atoms with E-state index in [2.05, 4.69) is 52.1 Å². The fourth-order valence-electron chi connectivity index (χ4n) is 2.29. The van der Waals surface area contributed by atoms with E-state index in [1.807, 2.05) is 12.1 Å². The van der Waals surface area contributed by atoms with E-state index in [-0.39, 0.29) is 0 Å². The highest BCUT2D eigenvalue weighted by Gasteiger charge is 2.17. The van der Waals surface area contributed by atoms with E-state index in [0.29, 0.717) is 17.4 Å². The van der Waals surface area contributed by atoms with Gasteiger partial charge in [0.1, 0.15) is 0 Å². The molecule has 114 valence electrons. The SMILES string of the molecule is CC(C)NCC(CCC(C)(C)C)Cc1ccccc1Cl. The summed E-state index contributed by atoms with van der Waals surface area (Å²) in [5, 5.41) is 4.48. The molecule has 1 aromatic carbocycles. The van der Waals surface area contributed by atoms with Gasteiger partial charge in [-0.05, 0) is 48.8 Å². The molecule has 2 heteroatoms. The molecule has 0 aromatic heterocycles. The van der Waals surface area contributed by atoms with E-state index in [1.165, 1.54) is 18.4 Å². The molecule has 1 nitrogen and oxygen atoms in total. The highest BCUT2D eigenvalue weighted by molar-refractivity contribution is 6.31. The van der Waals surface area contributed by atoms with Crippen molar-refractivity contribution in [2.45, 2.75) is 59.9 Å². The molecule has 0 fully saturated rings. The lowest BCUT2D eigenvalue weighted by molar-refractivity contribution is 0.310. The number of hydrogen-bond acceptors (Lipinski definition) is 1. The van der Waals surface area contributed by atoms with Crippen LogP contribution < -0.4 is 5.32 Å². The molecule has 0 amide bonds. The van der Waals surface area contributed by atoms with Crippen LogP contribution in [0.15, 0.2) is 24.3 Å². The first-order valence-corrected chi connectivity index (χ1v) is 8.12. The molecule has 0 saturated carbocycles. The van der Waals surface area contributed by atoms with Crippen LogP contribution in [0.5, 0.6) is 0 Å². The summed E-state index contributed by atoms with van der Waals surface area (Å²) >= 11 is 6.30. The van der Waals surface area contributed by atoms with Crippen LogP contribution in [0.1, 0.15) is 53.0 Å². The van der Waals surface area contributed by atoms with Gasteiger partial charge in [0, 0.05) is 11.1 Å². The average molecular weight is 296 g/mol. The van der Waals surface area contributed by atoms with E-state index in [0.717, 1.165) is 18.0 Å². The van der Waals surface area contributed by atoms with Crippen molar-refractivity contribution < 1.29 is 0 Å². The molecule has 0 spiro atoms. The van der Waals surface area contributed by atoms with Gasteiger partial charge in [-0.15, -0.1) is 0 Å². The van der Waals surface area contributed by atoms with Crippen molar-refractivity contribution in [3.05, 3.63) is 34.9 Å². The number of rotatable bonds is 7. The molecule has 1 aromatic rings. The summed E-state index contributed by atoms with van der Waals surface area (Å²) in [6, 6.07) is 8.77. The lowest BCUT2D eigenvalue weighted by Gasteiger charge is -2.24. The summed E-state index contributed by atoms with van der Waals surface area (Å²) in [7, 11) is 0. The largest absolute Gasteiger partial charge is 0.314 e. The number of nitrogens with one attached hydrogen (secondary N) is 1. The topological polar surface area (TPSA) is 12.0 Å². The van der Waals surface area contributed by atoms with Crippen LogP contribution >= 0.6 is 11.6 Å². The lowest BCUT2D eigenvalue weighted by atomic mass is 9.84. The zero-order valence-electron chi connectivity index (χ0n) is 13.7. The number of benzene rings is 1. The van der Waals surface area contributed by atoms with Crippen LogP contribution in [0.3, 0.4) is 0 Å². The maximum Gasteiger partial charge on any atom is 0.0438 e. The Labute approximate surface area is 130 Å². The zero-order chi connectivity index (χ0) is 15.2. The summed E-state index contributed by atoms with van der Waals surface area (Å²) in [5.74, 6) is 0.650. The predicted molar refractivity (Wildman–Crippen MR) is 90.5 cm³/mol. The van der Waals surface area contributed by atoms with Crippen LogP contribution in [-0.4, -0.2) is 12.6 Å². The van der Waals surface area contributed by atoms with Gasteiger partial charge in [-0.1, -0.05) is 64.4 Å². The first-order chi connectivity index (χ1) is 9.28. The van der Waals surface area contributed by atoms with Crippen molar-refractivity contribution in [1.29, 1.82) is 0 Å². The monoisotopic (exact) mass is 295 g/mol. The second-order valence-corrected chi connectivity index (χ2v) is 7.73. The van der Waals surface area contributed by atoms with Crippen LogP contribution in [0.4, 0.5) is 0 Å². The Kier molecular flexibility index (Phi) is 7.05. The molecule has 1 rings (SSSR count). The highest BCUT2D eigenvalue weighted by atomic mass is 35.5. The van der Waals surface area contributed by atoms with Gasteiger partial charge in [0.2, 0.25) is 0 Å². The van der Waals surface area contributed by atoms with Crippen LogP contribution in [0.25, 0.3) is 0 Å². The average Bonchev–Trinajstić information content (AvgIpc) is 2.34. The Morgan fingerprint density at radius 2 is 1.80 bits per heavy atom. The second-order valence-electron chi connectivity index (χ2n) is 7.32. The van der Waals surface area contributed by atoms with Crippen LogP contribution in [0, 0.1) is 11.3 Å². The Morgan fingerprint density at radius 1 is 1.15 bits per heavy atom. The van der Waals surface area contributed by atoms with Gasteiger partial charge in [-0.2, -0.15) is 0 Å². The third-order valence-electron chi connectivity index (χ3n) is 3.58. The third-order valence-corrected chi connectivity index (χ3v) is 3.95. The fraction of sp³-hybridized carbons (Fsp3) is 0.667. The Morgan fingerprint density at radius 3 is 2.35 bits per heavy atom. The Balaban J connectivity index is 2.64. The molecule has 0 saturated heterocycles. The number of halogens is 1. The molecule has 20 heavy (non-hydrogen) atoms. The minimum atomic E-state index is 0.399. The molecule has 1 N–H and O–H groups in total. The molecule has 1 atom stereocenters. The van der Waals surface area contributed by atoms with Gasteiger partial charge >= 0.3 is 0 Å². The first-order valence-electron chi connectivity index (χ1n) is 7.75. The van der Waals surface area contributed by atoms with Gasteiger partial charge < -0.3 is 5.32 Å². The van der Waals surface area contributed by atoms with Gasteiger partial charge in [0.15, 0.2) is 0 Å². The normalized spacial score (nSPS) is 13.8. The maximum absolute atomic E-state index is 6.30. The molecule has 0 bridgehead atoms. The molecule has 0 heterocycles. The van der Waals surface area contributed by atoms with Crippen molar-refractivity contribution in [3.63, 3.8) is 0 Å². The Bertz CT molecular complexity index is 393. The third kappa shape index (κ3) is 7.31. The minimum absolute atomic E-state index is 0.399. The lowest BCUT2D eigenvalue weighted by Crippen LogP contribution is -2.30. The zero-order valence-corrected chi connectivity index (χ0v) is 14.4. The van der Waals surface area contributed by atoms with Crippen LogP contribution in [0.2, 0.25) is 5.02 Å². The molecule has 0 aliphatic carbocycles. The van der Waals surface area contributed by atoms with Gasteiger partial charge in [0.25, 0.3) is 0 Å². The smallest absolute Gasteiger partial charge is 0.0438 e. The van der Waals surface area contributed by atoms with Gasteiger partial charge in [-0.25, -0.2) is 0 Å². The van der Waals surface area contributed by atoms with Crippen molar-refractivity contribution in [2.24, 2.45) is 11.3 Å². The number of hydrogen-bond donors (Lipinski definition) is 1. The molecule has 1 unspecified atom stereocenters. The van der Waals surface area contributed by atoms with Crippen molar-refractivity contribution in [3.8, 4) is 0 Å². The van der Waals surface area contributed by atoms with Crippen LogP contribution in [-0.2, 0) is 6.42 Å². The summed E-state index contributed by atoms with van der Waals surface area (Å²) in [6.45, 7) is 12.4. The van der Waals surface area contributed by atoms with E-state index in [4.69, 9.17) is 11.6 Å². The van der Waals surface area contributed by atoms with Crippen molar-refractivity contribution in [1.82, 2.24) is 5.32 Å². The second kappa shape index (κ2) is 8.05. The quantitative estimate of drug-likeness (QED) is 0.717. The van der Waals surface area contributed by atoms with E-state index in [9.17, 15) is 0 Å². The molecular weight excluding hydrogens is 266 g/mol. The summed E-state index contributed by atoms with van der Waals surface area (Å²) in [4.78, 5) is 0. The highest BCUT2D eigenvalue weighted by Crippen LogP contribution is 2.27. The molecular formula is C18H30ClN. The summed E-state index contributed by atoms with van der Waals surface area (Å²) < 4.78 is 0. The van der Waals surface area contributed by atoms with Gasteiger partial charge in [-0.3, -0.25) is 0 Å². The molecule has 0 aliphatic rings. The Hall–Kier alpha value is -0.530. The van der Waals surface area contributed by atoms with Crippen molar-refractivity contribution >= 4 is 11.6 Å². The van der Waals surface area contributed by atoms with Gasteiger partial charge in [0.05, 0.1) is 0 Å². The van der Waals surface area contributed by atoms with E-state index >= 15 is 0 Å². The van der Waals surface area contributed by atoms with Crippen molar-refractivity contribution in [2.75, 3.05) is 6.54 Å². The summed E-state index contributed by atoms with van der Waals surface area (Å²) in [6.07, 6.45) is 3.56. The molecule has 0 radical (unpaired) electrons. The summed E-state index contributed by atoms with van der Waals surface area (Å²) in [5.41, 5.74) is 1.68.